The molecule has 224 valence electrons. The molecule has 0 fully saturated rings. The molecule has 10 heteroatoms. The molecule has 2 amide bonds. The number of amides is 2. The number of halogens is 1. The predicted molar refractivity (Wildman–Crippen MR) is 173 cm³/mol. The van der Waals surface area contributed by atoms with Gasteiger partial charge >= 0.3 is 0 Å². The highest BCUT2D eigenvalue weighted by molar-refractivity contribution is 7.98. The first kappa shape index (κ1) is 32.3. The van der Waals surface area contributed by atoms with E-state index in [2.05, 4.69) is 10.0 Å². The van der Waals surface area contributed by atoms with Crippen LogP contribution in [-0.4, -0.2) is 38.3 Å². The Morgan fingerprint density at radius 2 is 1.53 bits per heavy atom. The zero-order valence-electron chi connectivity index (χ0n) is 23.9. The van der Waals surface area contributed by atoms with Gasteiger partial charge in [-0.15, -0.1) is 0 Å². The highest BCUT2D eigenvalue weighted by Gasteiger charge is 2.27. The fraction of sp³-hybridized carbons (Fsp3) is 0.212. The zero-order valence-corrected chi connectivity index (χ0v) is 26.3. The van der Waals surface area contributed by atoms with Crippen LogP contribution in [0.25, 0.3) is 11.1 Å². The van der Waals surface area contributed by atoms with Crippen LogP contribution < -0.4 is 10.0 Å². The van der Waals surface area contributed by atoms with Crippen molar-refractivity contribution in [2.24, 2.45) is 0 Å². The molecule has 0 spiro atoms. The van der Waals surface area contributed by atoms with Crippen molar-refractivity contribution in [3.8, 4) is 11.1 Å². The van der Waals surface area contributed by atoms with Crippen LogP contribution in [0.3, 0.4) is 0 Å². The Hall–Kier alpha value is -3.63. The quantitative estimate of drug-likeness (QED) is 0.176. The summed E-state index contributed by atoms with van der Waals surface area (Å²) in [5, 5.41) is 3.15. The van der Waals surface area contributed by atoms with Crippen LogP contribution >= 0.6 is 23.4 Å². The first-order chi connectivity index (χ1) is 20.7. The third-order valence-corrected chi connectivity index (χ3v) is 8.99. The van der Waals surface area contributed by atoms with Gasteiger partial charge < -0.3 is 10.1 Å². The third kappa shape index (κ3) is 8.93. The second-order valence-corrected chi connectivity index (χ2v) is 13.0. The molecule has 0 aliphatic carbocycles. The maximum absolute atomic E-state index is 13.7. The molecule has 0 heterocycles. The highest BCUT2D eigenvalue weighted by atomic mass is 35.5. The Morgan fingerprint density at radius 3 is 2.23 bits per heavy atom. The van der Waals surface area contributed by atoms with Gasteiger partial charge in [0.15, 0.2) is 0 Å². The van der Waals surface area contributed by atoms with Crippen LogP contribution in [0.15, 0.2) is 102 Å². The van der Waals surface area contributed by atoms with Crippen LogP contribution in [0.5, 0.6) is 0 Å². The second-order valence-electron chi connectivity index (χ2n) is 9.90. The molecule has 0 aliphatic rings. The average molecular weight is 637 g/mol. The topological polar surface area (TPSA) is 102 Å². The number of carbonyl (C=O) groups is 2. The Labute approximate surface area is 262 Å². The Bertz CT molecular complexity index is 1660. The number of aryl methyl sites for hydroxylation is 1. The zero-order chi connectivity index (χ0) is 30.8. The van der Waals surface area contributed by atoms with Gasteiger partial charge in [0.1, 0.15) is 6.04 Å². The van der Waals surface area contributed by atoms with Gasteiger partial charge in [-0.25, -0.2) is 13.1 Å². The van der Waals surface area contributed by atoms with Gasteiger partial charge in [-0.1, -0.05) is 72.3 Å². The smallest absolute Gasteiger partial charge is 0.264 e. The summed E-state index contributed by atoms with van der Waals surface area (Å²) >= 11 is 7.37. The molecule has 0 radical (unpaired) electrons. The summed E-state index contributed by atoms with van der Waals surface area (Å²) in [7, 11) is -4.17. The third-order valence-electron chi connectivity index (χ3n) is 6.74. The van der Waals surface area contributed by atoms with Crippen molar-refractivity contribution in [1.82, 2.24) is 10.0 Å². The number of nitrogens with one attached hydrogen (secondary N) is 2. The number of carbonyl (C=O) groups excluding carboxylic acids is 2. The summed E-state index contributed by atoms with van der Waals surface area (Å²) < 4.78 is 33.8. The molecule has 0 aromatic heterocycles. The lowest BCUT2D eigenvalue weighted by Gasteiger charge is -2.20. The molecule has 43 heavy (non-hydrogen) atoms. The minimum Gasteiger partial charge on any atom is -0.372 e. The van der Waals surface area contributed by atoms with Gasteiger partial charge in [0.25, 0.3) is 21.8 Å². The predicted octanol–water partition coefficient (Wildman–Crippen LogP) is 6.39. The van der Waals surface area contributed by atoms with Crippen LogP contribution in [-0.2, 0) is 32.8 Å². The molecular formula is C33H33ClN2O5S2. The van der Waals surface area contributed by atoms with Gasteiger partial charge in [0.05, 0.1) is 18.1 Å². The summed E-state index contributed by atoms with van der Waals surface area (Å²) in [6.07, 6.45) is 2.11. The van der Waals surface area contributed by atoms with Crippen molar-refractivity contribution in [2.75, 3.05) is 12.0 Å². The SMILES string of the molecule is CSCC[C@H](NC(=O)c1ccc(COCc2ccccc2)cc1-c1ccccc1C)C(=O)NS(=O)(=O)c1ccc(Cl)cc1. The lowest BCUT2D eigenvalue weighted by atomic mass is 9.93. The standard InChI is InChI=1S/C33H33ClN2O5S2/c1-23-8-6-7-11-28(23)30-20-25(22-41-21-24-9-4-3-5-10-24)12-17-29(30)32(37)35-31(18-19-42-2)33(38)36-43(39,40)27-15-13-26(34)14-16-27/h3-17,20,31H,18-19,21-22H2,1-2H3,(H,35,37)(H,36,38)/t31-/m0/s1. The summed E-state index contributed by atoms with van der Waals surface area (Å²) in [6, 6.07) is 27.5. The number of hydrogen-bond acceptors (Lipinski definition) is 6. The minimum atomic E-state index is -4.17. The van der Waals surface area contributed by atoms with Crippen molar-refractivity contribution >= 4 is 45.2 Å². The first-order valence-electron chi connectivity index (χ1n) is 13.6. The fourth-order valence-electron chi connectivity index (χ4n) is 4.45. The number of rotatable bonds is 13. The lowest BCUT2D eigenvalue weighted by molar-refractivity contribution is -0.121. The Balaban J connectivity index is 1.57. The maximum atomic E-state index is 13.7. The summed E-state index contributed by atoms with van der Waals surface area (Å²) in [5.41, 5.74) is 4.84. The lowest BCUT2D eigenvalue weighted by Crippen LogP contribution is -2.48. The summed E-state index contributed by atoms with van der Waals surface area (Å²) in [6.45, 7) is 2.76. The van der Waals surface area contributed by atoms with Crippen LogP contribution in [0, 0.1) is 6.92 Å². The number of ether oxygens (including phenoxy) is 1. The number of benzene rings is 4. The molecule has 2 N–H and O–H groups in total. The fourth-order valence-corrected chi connectivity index (χ4v) is 6.07. The molecule has 4 aromatic rings. The molecule has 0 bridgehead atoms. The van der Waals surface area contributed by atoms with E-state index in [-0.39, 0.29) is 11.3 Å². The van der Waals surface area contributed by atoms with E-state index >= 15 is 0 Å². The number of thioether (sulfide) groups is 1. The largest absolute Gasteiger partial charge is 0.372 e. The van der Waals surface area contributed by atoms with E-state index in [1.54, 1.807) is 6.07 Å². The molecule has 1 atom stereocenters. The molecule has 0 unspecified atom stereocenters. The van der Waals surface area contributed by atoms with E-state index in [0.29, 0.717) is 35.1 Å². The van der Waals surface area contributed by atoms with Crippen molar-refractivity contribution in [3.05, 3.63) is 124 Å². The van der Waals surface area contributed by atoms with E-state index < -0.39 is 27.9 Å². The van der Waals surface area contributed by atoms with Crippen molar-refractivity contribution in [3.63, 3.8) is 0 Å². The first-order valence-corrected chi connectivity index (χ1v) is 16.9. The van der Waals surface area contributed by atoms with Gasteiger partial charge in [-0.05, 0) is 89.6 Å². The number of hydrogen-bond donors (Lipinski definition) is 2. The van der Waals surface area contributed by atoms with E-state index in [0.717, 1.165) is 22.3 Å². The molecule has 4 aromatic carbocycles. The molecule has 0 saturated heterocycles. The minimum absolute atomic E-state index is 0.105. The Morgan fingerprint density at radius 1 is 0.860 bits per heavy atom. The molecule has 7 nitrogen and oxygen atoms in total. The molecule has 0 aliphatic heterocycles. The summed E-state index contributed by atoms with van der Waals surface area (Å²) in [4.78, 5) is 26.8. The van der Waals surface area contributed by atoms with Crippen molar-refractivity contribution in [2.45, 2.75) is 37.5 Å². The van der Waals surface area contributed by atoms with Crippen LogP contribution in [0.2, 0.25) is 5.02 Å². The van der Waals surface area contributed by atoms with Crippen LogP contribution in [0.4, 0.5) is 0 Å². The highest BCUT2D eigenvalue weighted by Crippen LogP contribution is 2.29. The van der Waals surface area contributed by atoms with Gasteiger partial charge in [0, 0.05) is 10.6 Å². The average Bonchev–Trinajstić information content (AvgIpc) is 3.00. The van der Waals surface area contributed by atoms with E-state index in [9.17, 15) is 18.0 Å². The summed E-state index contributed by atoms with van der Waals surface area (Å²) in [5.74, 6) is -0.775. The maximum Gasteiger partial charge on any atom is 0.264 e. The normalized spacial score (nSPS) is 12.0. The monoisotopic (exact) mass is 636 g/mol. The van der Waals surface area contributed by atoms with Crippen molar-refractivity contribution < 1.29 is 22.7 Å². The Kier molecular flexibility index (Phi) is 11.4. The van der Waals surface area contributed by atoms with Gasteiger partial charge in [0.2, 0.25) is 0 Å². The van der Waals surface area contributed by atoms with Crippen molar-refractivity contribution in [1.29, 1.82) is 0 Å². The van der Waals surface area contributed by atoms with Gasteiger partial charge in [-0.3, -0.25) is 9.59 Å². The van der Waals surface area contributed by atoms with E-state index in [1.165, 1.54) is 36.0 Å². The van der Waals surface area contributed by atoms with E-state index in [1.807, 2.05) is 79.9 Å². The molecule has 4 rings (SSSR count). The second kappa shape index (κ2) is 15.2. The molecule has 0 saturated carbocycles. The van der Waals surface area contributed by atoms with Crippen LogP contribution in [0.1, 0.15) is 33.5 Å². The van der Waals surface area contributed by atoms with E-state index in [4.69, 9.17) is 16.3 Å². The van der Waals surface area contributed by atoms with Gasteiger partial charge in [-0.2, -0.15) is 11.8 Å². The number of sulfonamides is 1. The molecular weight excluding hydrogens is 604 g/mol.